The van der Waals surface area contributed by atoms with Gasteiger partial charge in [0.2, 0.25) is 0 Å². The first-order valence-electron chi connectivity index (χ1n) is 9.10. The van der Waals surface area contributed by atoms with E-state index < -0.39 is 17.2 Å². The van der Waals surface area contributed by atoms with Crippen molar-refractivity contribution in [1.82, 2.24) is 24.7 Å². The monoisotopic (exact) mass is 421 g/mol. The van der Waals surface area contributed by atoms with Crippen molar-refractivity contribution in [2.45, 2.75) is 0 Å². The second-order valence-electron chi connectivity index (χ2n) is 6.88. The van der Waals surface area contributed by atoms with Gasteiger partial charge in [0.25, 0.3) is 11.1 Å². The smallest absolute Gasteiger partial charge is 0.276 e. The van der Waals surface area contributed by atoms with E-state index in [1.807, 2.05) is 0 Å². The lowest BCUT2D eigenvalue weighted by molar-refractivity contribution is 0.442. The number of hydrogen-bond acceptors (Lipinski definition) is 5. The Labute approximate surface area is 171 Å². The molecule has 0 aliphatic carbocycles. The number of nitrogens with zero attached hydrogens (tertiary/aromatic N) is 3. The molecule has 0 saturated carbocycles. The van der Waals surface area contributed by atoms with Gasteiger partial charge in [-0.15, -0.1) is 0 Å². The van der Waals surface area contributed by atoms with Crippen LogP contribution in [0.5, 0.6) is 11.5 Å². The molecule has 154 valence electrons. The molecule has 10 heteroatoms. The number of benzene rings is 2. The zero-order valence-electron chi connectivity index (χ0n) is 15.9. The summed E-state index contributed by atoms with van der Waals surface area (Å²) in [6.07, 6.45) is 4.19. The van der Waals surface area contributed by atoms with E-state index >= 15 is 0 Å². The third kappa shape index (κ3) is 3.05. The van der Waals surface area contributed by atoms with Gasteiger partial charge in [0.05, 0.1) is 17.9 Å². The molecule has 3 aromatic heterocycles. The Morgan fingerprint density at radius 2 is 1.87 bits per heavy atom. The van der Waals surface area contributed by atoms with E-state index in [1.165, 1.54) is 10.8 Å². The lowest BCUT2D eigenvalue weighted by Crippen LogP contribution is -2.16. The number of aromatic amines is 2. The zero-order valence-corrected chi connectivity index (χ0v) is 15.9. The first-order valence-corrected chi connectivity index (χ1v) is 9.10. The molecular weight excluding hydrogens is 408 g/mol. The van der Waals surface area contributed by atoms with Crippen molar-refractivity contribution in [3.05, 3.63) is 81.3 Å². The summed E-state index contributed by atoms with van der Waals surface area (Å²) in [7, 11) is 1.58. The molecule has 0 amide bonds. The van der Waals surface area contributed by atoms with Crippen molar-refractivity contribution in [1.29, 1.82) is 0 Å². The van der Waals surface area contributed by atoms with Crippen LogP contribution < -0.4 is 15.9 Å². The maximum Gasteiger partial charge on any atom is 0.276 e. The number of rotatable bonds is 3. The molecule has 0 radical (unpaired) electrons. The van der Waals surface area contributed by atoms with Gasteiger partial charge in [0.15, 0.2) is 17.3 Å². The van der Waals surface area contributed by atoms with E-state index in [-0.39, 0.29) is 28.1 Å². The van der Waals surface area contributed by atoms with Crippen LogP contribution in [0.25, 0.3) is 33.1 Å². The number of fused-ring (bicyclic) bond motifs is 2. The summed E-state index contributed by atoms with van der Waals surface area (Å²) in [6.45, 7) is 0. The van der Waals surface area contributed by atoms with Crippen molar-refractivity contribution >= 4 is 21.9 Å². The predicted molar refractivity (Wildman–Crippen MR) is 109 cm³/mol. The predicted octanol–water partition coefficient (Wildman–Crippen LogP) is 3.24. The molecule has 2 aromatic carbocycles. The highest BCUT2D eigenvalue weighted by Gasteiger charge is 2.19. The van der Waals surface area contributed by atoms with Crippen LogP contribution in [0, 0.1) is 11.6 Å². The molecule has 0 fully saturated rings. The Balaban J connectivity index is 1.85. The van der Waals surface area contributed by atoms with E-state index in [2.05, 4.69) is 20.2 Å². The minimum Gasteiger partial charge on any atom is -0.451 e. The van der Waals surface area contributed by atoms with E-state index in [1.54, 1.807) is 25.4 Å². The number of H-pyrrole nitrogens is 2. The SMILES string of the molecule is Cn1cc(-c2ccc3ncc(=O)[nH]c3c2Oc2ccc(F)cc2F)c2cn[nH]c2c1=O. The van der Waals surface area contributed by atoms with Gasteiger partial charge < -0.3 is 14.3 Å². The Morgan fingerprint density at radius 3 is 2.68 bits per heavy atom. The Morgan fingerprint density at radius 1 is 1.03 bits per heavy atom. The third-order valence-electron chi connectivity index (χ3n) is 4.89. The average Bonchev–Trinajstić information content (AvgIpc) is 3.23. The normalized spacial score (nSPS) is 11.3. The molecule has 31 heavy (non-hydrogen) atoms. The van der Waals surface area contributed by atoms with Crippen LogP contribution in [0.1, 0.15) is 0 Å². The molecule has 5 rings (SSSR count). The van der Waals surface area contributed by atoms with Crippen LogP contribution in [0.3, 0.4) is 0 Å². The molecule has 0 aliphatic rings. The van der Waals surface area contributed by atoms with E-state index in [4.69, 9.17) is 4.74 Å². The molecule has 3 heterocycles. The Kier molecular flexibility index (Phi) is 4.14. The highest BCUT2D eigenvalue weighted by atomic mass is 19.1. The van der Waals surface area contributed by atoms with Gasteiger partial charge in [0, 0.05) is 35.8 Å². The summed E-state index contributed by atoms with van der Waals surface area (Å²) >= 11 is 0. The number of halogens is 2. The quantitative estimate of drug-likeness (QED) is 0.465. The number of hydrogen-bond donors (Lipinski definition) is 2. The van der Waals surface area contributed by atoms with Crippen molar-refractivity contribution in [3.63, 3.8) is 0 Å². The standard InChI is InChI=1S/C21H13F2N5O3/c1-28-9-13(12-7-25-27-18(12)21(28)30)11-3-4-15-19(26-17(29)8-24-15)20(11)31-16-5-2-10(22)6-14(16)23/h2-9H,1H3,(H,25,27)(H,26,29). The molecular formula is C21H13F2N5O3. The van der Waals surface area contributed by atoms with E-state index in [0.717, 1.165) is 18.3 Å². The Hall–Kier alpha value is -4.34. The minimum atomic E-state index is -0.914. The molecule has 0 saturated heterocycles. The third-order valence-corrected chi connectivity index (χ3v) is 4.89. The van der Waals surface area contributed by atoms with Gasteiger partial charge in [-0.05, 0) is 24.3 Å². The number of ether oxygens (including phenoxy) is 1. The van der Waals surface area contributed by atoms with Crippen molar-refractivity contribution in [2.24, 2.45) is 7.05 Å². The first-order chi connectivity index (χ1) is 14.9. The maximum absolute atomic E-state index is 14.4. The second kappa shape index (κ2) is 6.87. The fourth-order valence-electron chi connectivity index (χ4n) is 3.44. The van der Waals surface area contributed by atoms with Crippen LogP contribution >= 0.6 is 0 Å². The van der Waals surface area contributed by atoms with Gasteiger partial charge in [-0.1, -0.05) is 0 Å². The van der Waals surface area contributed by atoms with Crippen LogP contribution in [-0.2, 0) is 7.05 Å². The summed E-state index contributed by atoms with van der Waals surface area (Å²) in [6, 6.07) is 6.24. The minimum absolute atomic E-state index is 0.0920. The highest BCUT2D eigenvalue weighted by Crippen LogP contribution is 2.40. The molecule has 0 bridgehead atoms. The molecule has 0 unspecified atom stereocenters. The van der Waals surface area contributed by atoms with E-state index in [9.17, 15) is 18.4 Å². The molecule has 8 nitrogen and oxygen atoms in total. The number of aryl methyl sites for hydroxylation is 1. The molecule has 0 aliphatic heterocycles. The molecule has 2 N–H and O–H groups in total. The topological polar surface area (TPSA) is 106 Å². The largest absolute Gasteiger partial charge is 0.451 e. The van der Waals surface area contributed by atoms with Crippen LogP contribution in [0.2, 0.25) is 0 Å². The summed E-state index contributed by atoms with van der Waals surface area (Å²) in [5.74, 6) is -1.82. The van der Waals surface area contributed by atoms with Crippen molar-refractivity contribution in [3.8, 4) is 22.6 Å². The summed E-state index contributed by atoms with van der Waals surface area (Å²) in [5, 5.41) is 7.14. The van der Waals surface area contributed by atoms with Crippen LogP contribution in [-0.4, -0.2) is 24.7 Å². The number of pyridine rings is 1. The Bertz CT molecular complexity index is 1600. The van der Waals surface area contributed by atoms with E-state index in [0.29, 0.717) is 28.1 Å². The first kappa shape index (κ1) is 18.7. The van der Waals surface area contributed by atoms with Gasteiger partial charge in [-0.3, -0.25) is 14.7 Å². The number of nitrogens with one attached hydrogen (secondary N) is 2. The average molecular weight is 421 g/mol. The summed E-state index contributed by atoms with van der Waals surface area (Å²) in [4.78, 5) is 31.1. The van der Waals surface area contributed by atoms with Gasteiger partial charge in [0.1, 0.15) is 16.9 Å². The fourth-order valence-corrected chi connectivity index (χ4v) is 3.44. The van der Waals surface area contributed by atoms with Crippen molar-refractivity contribution < 1.29 is 13.5 Å². The lowest BCUT2D eigenvalue weighted by atomic mass is 10.0. The number of aromatic nitrogens is 5. The molecule has 0 atom stereocenters. The maximum atomic E-state index is 14.4. The van der Waals surface area contributed by atoms with Gasteiger partial charge in [-0.2, -0.15) is 5.10 Å². The second-order valence-corrected chi connectivity index (χ2v) is 6.88. The van der Waals surface area contributed by atoms with Crippen molar-refractivity contribution in [2.75, 3.05) is 0 Å². The summed E-state index contributed by atoms with van der Waals surface area (Å²) < 4.78 is 34.9. The van der Waals surface area contributed by atoms with Gasteiger partial charge >= 0.3 is 0 Å². The van der Waals surface area contributed by atoms with Crippen LogP contribution in [0.4, 0.5) is 8.78 Å². The fraction of sp³-hybridized carbons (Fsp3) is 0.0476. The molecule has 5 aromatic rings. The van der Waals surface area contributed by atoms with Gasteiger partial charge in [-0.25, -0.2) is 13.8 Å². The lowest BCUT2D eigenvalue weighted by Gasteiger charge is -2.15. The zero-order chi connectivity index (χ0) is 21.7. The summed E-state index contributed by atoms with van der Waals surface area (Å²) in [5.41, 5.74) is 1.13. The molecule has 0 spiro atoms. The van der Waals surface area contributed by atoms with Crippen LogP contribution in [0.15, 0.2) is 58.5 Å². The highest BCUT2D eigenvalue weighted by molar-refractivity contribution is 5.99.